The van der Waals surface area contributed by atoms with Crippen molar-refractivity contribution in [3.63, 3.8) is 0 Å². The molecule has 5 heteroatoms. The van der Waals surface area contributed by atoms with Crippen LogP contribution in [0.25, 0.3) is 0 Å². The molecular formula is C25H21NO4. The van der Waals surface area contributed by atoms with Crippen LogP contribution in [0.4, 0.5) is 0 Å². The van der Waals surface area contributed by atoms with E-state index in [0.29, 0.717) is 35.5 Å². The van der Waals surface area contributed by atoms with Crippen molar-refractivity contribution in [1.29, 1.82) is 0 Å². The quantitative estimate of drug-likeness (QED) is 0.413. The minimum atomic E-state index is -0.292. The van der Waals surface area contributed by atoms with Crippen LogP contribution in [0.5, 0.6) is 5.75 Å². The molecule has 0 aromatic heterocycles. The first-order valence-electron chi connectivity index (χ1n) is 9.89. The maximum atomic E-state index is 12.6. The van der Waals surface area contributed by atoms with Gasteiger partial charge in [-0.25, -0.2) is 0 Å². The van der Waals surface area contributed by atoms with Crippen LogP contribution in [0.3, 0.4) is 0 Å². The lowest BCUT2D eigenvalue weighted by atomic mass is 10.1. The van der Waals surface area contributed by atoms with Gasteiger partial charge < -0.3 is 4.74 Å². The fourth-order valence-corrected chi connectivity index (χ4v) is 3.48. The largest absolute Gasteiger partial charge is 0.489 e. The van der Waals surface area contributed by atoms with Gasteiger partial charge in [0.1, 0.15) is 12.4 Å². The van der Waals surface area contributed by atoms with Gasteiger partial charge in [0.15, 0.2) is 5.78 Å². The predicted molar refractivity (Wildman–Crippen MR) is 113 cm³/mol. The molecule has 0 spiro atoms. The van der Waals surface area contributed by atoms with E-state index in [-0.39, 0.29) is 30.6 Å². The highest BCUT2D eigenvalue weighted by molar-refractivity contribution is 6.21. The predicted octanol–water partition coefficient (Wildman–Crippen LogP) is 4.52. The van der Waals surface area contributed by atoms with E-state index in [2.05, 4.69) is 0 Å². The molecule has 3 aromatic carbocycles. The maximum Gasteiger partial charge on any atom is 0.261 e. The van der Waals surface area contributed by atoms with Gasteiger partial charge in [0.25, 0.3) is 11.8 Å². The fraction of sp³-hybridized carbons (Fsp3) is 0.160. The Hall–Kier alpha value is -3.73. The lowest BCUT2D eigenvalue weighted by Crippen LogP contribution is -2.31. The average molecular weight is 399 g/mol. The molecular weight excluding hydrogens is 378 g/mol. The van der Waals surface area contributed by atoms with E-state index in [4.69, 9.17) is 4.74 Å². The first kappa shape index (κ1) is 19.6. The van der Waals surface area contributed by atoms with E-state index in [1.54, 1.807) is 42.5 Å². The van der Waals surface area contributed by atoms with Gasteiger partial charge in [-0.05, 0) is 36.2 Å². The van der Waals surface area contributed by atoms with Gasteiger partial charge in [0.05, 0.1) is 11.1 Å². The normalized spacial score (nSPS) is 12.7. The smallest absolute Gasteiger partial charge is 0.261 e. The molecule has 0 bridgehead atoms. The van der Waals surface area contributed by atoms with Crippen LogP contribution in [-0.2, 0) is 6.61 Å². The number of rotatable bonds is 8. The van der Waals surface area contributed by atoms with Crippen molar-refractivity contribution < 1.29 is 19.1 Å². The van der Waals surface area contributed by atoms with Crippen LogP contribution < -0.4 is 4.74 Å². The topological polar surface area (TPSA) is 63.7 Å². The fourth-order valence-electron chi connectivity index (χ4n) is 3.48. The molecule has 2 amide bonds. The lowest BCUT2D eigenvalue weighted by molar-refractivity contribution is 0.0647. The van der Waals surface area contributed by atoms with Gasteiger partial charge >= 0.3 is 0 Å². The summed E-state index contributed by atoms with van der Waals surface area (Å²) in [5, 5.41) is 0. The molecule has 150 valence electrons. The molecule has 30 heavy (non-hydrogen) atoms. The van der Waals surface area contributed by atoms with Crippen LogP contribution in [0.1, 0.15) is 49.5 Å². The minimum Gasteiger partial charge on any atom is -0.489 e. The van der Waals surface area contributed by atoms with Gasteiger partial charge in [-0.1, -0.05) is 54.6 Å². The second-order valence-electron chi connectivity index (χ2n) is 7.14. The standard InChI is InChI=1S/C25H21NO4/c27-23(14-7-15-26-24(28)21-12-4-5-13-22(21)25(26)29)19-10-6-11-20(16-19)30-17-18-8-2-1-3-9-18/h1-6,8-13,16H,7,14-15,17H2. The number of ketones is 1. The number of carbonyl (C=O) groups excluding carboxylic acids is 3. The lowest BCUT2D eigenvalue weighted by Gasteiger charge is -2.13. The Bertz CT molecular complexity index is 1060. The summed E-state index contributed by atoms with van der Waals surface area (Å²) in [4.78, 5) is 38.6. The number of benzene rings is 3. The van der Waals surface area contributed by atoms with Gasteiger partial charge in [-0.15, -0.1) is 0 Å². The number of fused-ring (bicyclic) bond motifs is 1. The van der Waals surface area contributed by atoms with Crippen LogP contribution in [0.15, 0.2) is 78.9 Å². The summed E-state index contributed by atoms with van der Waals surface area (Å²) in [6, 6.07) is 23.7. The van der Waals surface area contributed by atoms with Crippen molar-refractivity contribution >= 4 is 17.6 Å². The zero-order valence-electron chi connectivity index (χ0n) is 16.4. The number of Topliss-reactive ketones (excluding diaryl/α,β-unsaturated/α-hetero) is 1. The number of hydrogen-bond acceptors (Lipinski definition) is 4. The molecule has 0 fully saturated rings. The van der Waals surface area contributed by atoms with Gasteiger partial charge in [-0.2, -0.15) is 0 Å². The Morgan fingerprint density at radius 2 is 1.47 bits per heavy atom. The van der Waals surface area contributed by atoms with Crippen LogP contribution in [0, 0.1) is 0 Å². The molecule has 0 saturated carbocycles. The summed E-state index contributed by atoms with van der Waals surface area (Å²) in [6.07, 6.45) is 0.662. The number of imide groups is 1. The van der Waals surface area contributed by atoms with Crippen molar-refractivity contribution in [2.45, 2.75) is 19.4 Å². The Morgan fingerprint density at radius 3 is 2.17 bits per heavy atom. The number of carbonyl (C=O) groups is 3. The summed E-state index contributed by atoms with van der Waals surface area (Å²) >= 11 is 0. The number of ether oxygens (including phenoxy) is 1. The molecule has 0 radical (unpaired) electrons. The van der Waals surface area contributed by atoms with Crippen molar-refractivity contribution in [3.8, 4) is 5.75 Å². The van der Waals surface area contributed by atoms with E-state index >= 15 is 0 Å². The van der Waals surface area contributed by atoms with E-state index in [0.717, 1.165) is 5.56 Å². The second kappa shape index (κ2) is 8.74. The third kappa shape index (κ3) is 4.15. The van der Waals surface area contributed by atoms with E-state index in [9.17, 15) is 14.4 Å². The maximum absolute atomic E-state index is 12.6. The number of amides is 2. The molecule has 0 atom stereocenters. The van der Waals surface area contributed by atoms with Crippen molar-refractivity contribution in [2.75, 3.05) is 6.54 Å². The summed E-state index contributed by atoms with van der Waals surface area (Å²) in [6.45, 7) is 0.653. The van der Waals surface area contributed by atoms with Crippen LogP contribution in [0.2, 0.25) is 0 Å². The molecule has 0 aliphatic carbocycles. The van der Waals surface area contributed by atoms with Gasteiger partial charge in [-0.3, -0.25) is 19.3 Å². The Morgan fingerprint density at radius 1 is 0.800 bits per heavy atom. The average Bonchev–Trinajstić information content (AvgIpc) is 3.03. The molecule has 3 aromatic rings. The van der Waals surface area contributed by atoms with E-state index in [1.165, 1.54) is 4.90 Å². The summed E-state index contributed by atoms with van der Waals surface area (Å²) in [5.74, 6) is 0.000498. The van der Waals surface area contributed by atoms with E-state index in [1.807, 2.05) is 36.4 Å². The Balaban J connectivity index is 1.31. The van der Waals surface area contributed by atoms with Crippen molar-refractivity contribution in [3.05, 3.63) is 101 Å². The molecule has 0 saturated heterocycles. The summed E-state index contributed by atoms with van der Waals surface area (Å²) in [5.41, 5.74) is 2.47. The number of hydrogen-bond donors (Lipinski definition) is 0. The molecule has 0 N–H and O–H groups in total. The second-order valence-corrected chi connectivity index (χ2v) is 7.14. The summed E-state index contributed by atoms with van der Waals surface area (Å²) < 4.78 is 5.78. The first-order chi connectivity index (χ1) is 14.6. The van der Waals surface area contributed by atoms with Gasteiger partial charge in [0, 0.05) is 18.5 Å². The Kier molecular flexibility index (Phi) is 5.70. The highest BCUT2D eigenvalue weighted by Crippen LogP contribution is 2.23. The van der Waals surface area contributed by atoms with Crippen molar-refractivity contribution in [1.82, 2.24) is 4.90 Å². The highest BCUT2D eigenvalue weighted by atomic mass is 16.5. The first-order valence-corrected chi connectivity index (χ1v) is 9.89. The van der Waals surface area contributed by atoms with Crippen LogP contribution in [-0.4, -0.2) is 29.0 Å². The third-order valence-corrected chi connectivity index (χ3v) is 5.07. The monoisotopic (exact) mass is 399 g/mol. The molecule has 5 nitrogen and oxygen atoms in total. The third-order valence-electron chi connectivity index (χ3n) is 5.07. The molecule has 1 heterocycles. The number of nitrogens with zero attached hydrogens (tertiary/aromatic N) is 1. The molecule has 0 unspecified atom stereocenters. The van der Waals surface area contributed by atoms with Gasteiger partial charge in [0.2, 0.25) is 0 Å². The molecule has 1 aliphatic rings. The van der Waals surface area contributed by atoms with E-state index < -0.39 is 0 Å². The zero-order valence-corrected chi connectivity index (χ0v) is 16.4. The molecule has 1 aliphatic heterocycles. The van der Waals surface area contributed by atoms with Crippen molar-refractivity contribution in [2.24, 2.45) is 0 Å². The molecule has 4 rings (SSSR count). The SMILES string of the molecule is O=C(CCCN1C(=O)c2ccccc2C1=O)c1cccc(OCc2ccccc2)c1. The Labute approximate surface area is 174 Å². The zero-order chi connectivity index (χ0) is 20.9. The minimum absolute atomic E-state index is 0.0447. The summed E-state index contributed by atoms with van der Waals surface area (Å²) in [7, 11) is 0. The van der Waals surface area contributed by atoms with Crippen LogP contribution >= 0.6 is 0 Å². The highest BCUT2D eigenvalue weighted by Gasteiger charge is 2.34.